The van der Waals surface area contributed by atoms with Crippen LogP contribution in [0.4, 0.5) is 0 Å². The number of unbranched alkanes of at least 4 members (excludes halogenated alkanes) is 8. The fourth-order valence-electron chi connectivity index (χ4n) is 4.09. The van der Waals surface area contributed by atoms with Gasteiger partial charge in [0.2, 0.25) is 5.54 Å². The summed E-state index contributed by atoms with van der Waals surface area (Å²) in [6, 6.07) is 0. The minimum Gasteiger partial charge on any atom is -0.543 e. The molecule has 7 heteroatoms. The van der Waals surface area contributed by atoms with Gasteiger partial charge in [0.25, 0.3) is 0 Å². The Hall–Kier alpha value is -1.47. The highest BCUT2D eigenvalue weighted by atomic mass is 16.4. The van der Waals surface area contributed by atoms with Crippen molar-refractivity contribution in [1.29, 1.82) is 0 Å². The zero-order chi connectivity index (χ0) is 23.4. The molecule has 0 aliphatic carbocycles. The van der Waals surface area contributed by atoms with Crippen LogP contribution in [0.3, 0.4) is 0 Å². The molecule has 2 unspecified atom stereocenters. The maximum atomic E-state index is 13.3. The number of nitrogens with zero attached hydrogens (tertiary/aromatic N) is 1. The minimum atomic E-state index is -2.25. The number of carbonyl (C=O) groups excluding carboxylic acids is 2. The molecule has 0 saturated carbocycles. The molecule has 176 valence electrons. The largest absolute Gasteiger partial charge is 0.543 e. The molecule has 0 rings (SSSR count). The summed E-state index contributed by atoms with van der Waals surface area (Å²) in [5.74, 6) is -3.32. The number of hydrogen-bond acceptors (Lipinski definition) is 5. The van der Waals surface area contributed by atoms with E-state index in [0.717, 1.165) is 32.6 Å². The van der Waals surface area contributed by atoms with E-state index in [1.165, 1.54) is 46.2 Å². The molecule has 30 heavy (non-hydrogen) atoms. The third-order valence-electron chi connectivity index (χ3n) is 7.14. The Bertz CT molecular complexity index is 548. The van der Waals surface area contributed by atoms with Crippen molar-refractivity contribution in [2.75, 3.05) is 20.6 Å². The molecule has 0 saturated heterocycles. The lowest BCUT2D eigenvalue weighted by Gasteiger charge is -2.54. The van der Waals surface area contributed by atoms with Crippen molar-refractivity contribution in [1.82, 2.24) is 0 Å². The van der Waals surface area contributed by atoms with E-state index in [4.69, 9.17) is 5.73 Å². The van der Waals surface area contributed by atoms with Crippen molar-refractivity contribution in [3.05, 3.63) is 0 Å². The van der Waals surface area contributed by atoms with Gasteiger partial charge in [-0.1, -0.05) is 58.3 Å². The zero-order valence-corrected chi connectivity index (χ0v) is 19.8. The van der Waals surface area contributed by atoms with Crippen molar-refractivity contribution in [3.8, 4) is 0 Å². The normalized spacial score (nSPS) is 15.9. The van der Waals surface area contributed by atoms with E-state index in [-0.39, 0.29) is 5.78 Å². The number of carboxylic acid groups (broad SMARTS) is 2. The summed E-state index contributed by atoms with van der Waals surface area (Å²) in [7, 11) is 2.99. The number of quaternary nitrogens is 1. The minimum absolute atomic E-state index is 0.113. The smallest absolute Gasteiger partial charge is 0.371 e. The average Bonchev–Trinajstić information content (AvgIpc) is 2.69. The standard InChI is InChI=1S/C23H44N2O5/c1-6-7-8-9-10-11-12-13-14-16-19(26)22(2,17-15-18-24)25(4,5)23(3,20(27)28)21(29)30/h6-18,24H2,1-5H3,(H-,27,28,29,30). The van der Waals surface area contributed by atoms with Crippen molar-refractivity contribution in [3.63, 3.8) is 0 Å². The second kappa shape index (κ2) is 13.1. The SMILES string of the molecule is CCCCCCCCCCCC(=O)C(C)(CCCN)[N+](C)(C)C(C)(C(=O)[O-])C(=O)O. The average molecular weight is 429 g/mol. The van der Waals surface area contributed by atoms with Crippen molar-refractivity contribution >= 4 is 17.7 Å². The molecule has 0 spiro atoms. The summed E-state index contributed by atoms with van der Waals surface area (Å²) >= 11 is 0. The first-order chi connectivity index (χ1) is 13.9. The molecule has 0 aromatic heterocycles. The number of Topliss-reactive ketones (excluding diaryl/α,β-unsaturated/α-hetero) is 1. The van der Waals surface area contributed by atoms with E-state index in [1.807, 2.05) is 0 Å². The van der Waals surface area contributed by atoms with E-state index in [1.54, 1.807) is 6.92 Å². The molecule has 0 fully saturated rings. The van der Waals surface area contributed by atoms with E-state index in [2.05, 4.69) is 6.92 Å². The summed E-state index contributed by atoms with van der Waals surface area (Å²) in [5, 5.41) is 21.5. The molecular formula is C23H44N2O5. The highest BCUT2D eigenvalue weighted by molar-refractivity contribution is 6.01. The fraction of sp³-hybridized carbons (Fsp3) is 0.870. The second-order valence-corrected chi connectivity index (χ2v) is 9.29. The lowest BCUT2D eigenvalue weighted by molar-refractivity contribution is -0.960. The van der Waals surface area contributed by atoms with Crippen molar-refractivity contribution < 1.29 is 29.1 Å². The molecule has 0 aliphatic rings. The van der Waals surface area contributed by atoms with Crippen LogP contribution in [0, 0.1) is 0 Å². The van der Waals surface area contributed by atoms with Gasteiger partial charge in [-0.2, -0.15) is 0 Å². The molecule has 0 aromatic rings. The lowest BCUT2D eigenvalue weighted by atomic mass is 9.79. The number of rotatable bonds is 18. The van der Waals surface area contributed by atoms with Crippen molar-refractivity contribution in [2.45, 2.75) is 109 Å². The van der Waals surface area contributed by atoms with Gasteiger partial charge in [-0.3, -0.25) is 9.28 Å². The van der Waals surface area contributed by atoms with Gasteiger partial charge >= 0.3 is 5.97 Å². The van der Waals surface area contributed by atoms with E-state index < -0.39 is 27.5 Å². The molecule has 0 aliphatic heterocycles. The van der Waals surface area contributed by atoms with Gasteiger partial charge < -0.3 is 20.7 Å². The third-order valence-corrected chi connectivity index (χ3v) is 7.14. The number of nitrogens with two attached hydrogens (primary N) is 1. The van der Waals surface area contributed by atoms with E-state index in [0.29, 0.717) is 25.8 Å². The molecule has 0 aromatic carbocycles. The maximum absolute atomic E-state index is 13.3. The predicted octanol–water partition coefficient (Wildman–Crippen LogP) is 2.64. The highest BCUT2D eigenvalue weighted by Gasteiger charge is 2.61. The first-order valence-electron chi connectivity index (χ1n) is 11.5. The first kappa shape index (κ1) is 28.5. The summed E-state index contributed by atoms with van der Waals surface area (Å²) in [5.41, 5.74) is 2.20. The van der Waals surface area contributed by atoms with Gasteiger partial charge in [0.05, 0.1) is 14.1 Å². The topological polar surface area (TPSA) is 121 Å². The van der Waals surface area contributed by atoms with E-state index in [9.17, 15) is 24.6 Å². The summed E-state index contributed by atoms with van der Waals surface area (Å²) in [4.78, 5) is 37.0. The van der Waals surface area contributed by atoms with Gasteiger partial charge in [-0.25, -0.2) is 4.79 Å². The quantitative estimate of drug-likeness (QED) is 0.197. The van der Waals surface area contributed by atoms with Crippen LogP contribution < -0.4 is 10.8 Å². The highest BCUT2D eigenvalue weighted by Crippen LogP contribution is 2.37. The number of carbonyl (C=O) groups is 3. The first-order valence-corrected chi connectivity index (χ1v) is 11.5. The summed E-state index contributed by atoms with van der Waals surface area (Å²) < 4.78 is -0.520. The Morgan fingerprint density at radius 3 is 1.77 bits per heavy atom. The Morgan fingerprint density at radius 2 is 1.37 bits per heavy atom. The Morgan fingerprint density at radius 1 is 0.900 bits per heavy atom. The number of carboxylic acids is 2. The number of hydrogen-bond donors (Lipinski definition) is 2. The predicted molar refractivity (Wildman–Crippen MR) is 117 cm³/mol. The number of aliphatic carboxylic acids is 2. The lowest BCUT2D eigenvalue weighted by Crippen LogP contribution is -2.78. The van der Waals surface area contributed by atoms with Crippen LogP contribution in [-0.4, -0.2) is 59.0 Å². The second-order valence-electron chi connectivity index (χ2n) is 9.29. The summed E-state index contributed by atoms with van der Waals surface area (Å²) in [6.07, 6.45) is 11.3. The van der Waals surface area contributed by atoms with Crippen LogP contribution in [-0.2, 0) is 14.4 Å². The van der Waals surface area contributed by atoms with E-state index >= 15 is 0 Å². The zero-order valence-electron chi connectivity index (χ0n) is 19.8. The fourth-order valence-corrected chi connectivity index (χ4v) is 4.09. The number of likely N-dealkylation sites (N-methyl/N-ethyl adjacent to an activating group) is 1. The van der Waals surface area contributed by atoms with Gasteiger partial charge in [0.1, 0.15) is 5.97 Å². The van der Waals surface area contributed by atoms with Gasteiger partial charge in [0.15, 0.2) is 11.3 Å². The van der Waals surface area contributed by atoms with Crippen LogP contribution in [0.2, 0.25) is 0 Å². The Labute approximate surface area is 182 Å². The van der Waals surface area contributed by atoms with Gasteiger partial charge in [0, 0.05) is 19.8 Å². The van der Waals surface area contributed by atoms with Crippen LogP contribution in [0.25, 0.3) is 0 Å². The molecule has 0 heterocycles. The van der Waals surface area contributed by atoms with Gasteiger partial charge in [-0.05, 0) is 26.3 Å². The number of ketones is 1. The van der Waals surface area contributed by atoms with Crippen LogP contribution >= 0.6 is 0 Å². The Balaban J connectivity index is 5.13. The van der Waals surface area contributed by atoms with Crippen LogP contribution in [0.1, 0.15) is 97.8 Å². The molecule has 7 nitrogen and oxygen atoms in total. The molecule has 3 N–H and O–H groups in total. The van der Waals surface area contributed by atoms with Crippen molar-refractivity contribution in [2.24, 2.45) is 5.73 Å². The molecule has 0 amide bonds. The molecule has 2 atom stereocenters. The molecular weight excluding hydrogens is 384 g/mol. The monoisotopic (exact) mass is 428 g/mol. The Kier molecular flexibility index (Phi) is 12.4. The van der Waals surface area contributed by atoms with Crippen LogP contribution in [0.15, 0.2) is 0 Å². The van der Waals surface area contributed by atoms with Gasteiger partial charge in [-0.15, -0.1) is 0 Å². The summed E-state index contributed by atoms with van der Waals surface area (Å²) in [6.45, 7) is 5.33. The van der Waals surface area contributed by atoms with Crippen LogP contribution in [0.5, 0.6) is 0 Å². The molecule has 0 bridgehead atoms. The maximum Gasteiger partial charge on any atom is 0.371 e. The molecule has 0 radical (unpaired) electrons. The third kappa shape index (κ3) is 6.77.